The van der Waals surface area contributed by atoms with Crippen molar-refractivity contribution in [3.05, 3.63) is 11.6 Å². The highest BCUT2D eigenvalue weighted by molar-refractivity contribution is 5.13. The van der Waals surface area contributed by atoms with Gasteiger partial charge in [0.15, 0.2) is 0 Å². The highest BCUT2D eigenvalue weighted by Gasteiger charge is 2.26. The molecule has 0 aromatic rings. The fourth-order valence-corrected chi connectivity index (χ4v) is 2.80. The smallest absolute Gasteiger partial charge is 0.0200 e. The fraction of sp³-hybridized carbons (Fsp3) is 0.833. The van der Waals surface area contributed by atoms with Crippen LogP contribution in [0.3, 0.4) is 0 Å². The van der Waals surface area contributed by atoms with Crippen LogP contribution in [0.4, 0.5) is 0 Å². The molecule has 0 spiro atoms. The van der Waals surface area contributed by atoms with Crippen LogP contribution < -0.4 is 0 Å². The molecular formula is C12H20. The maximum absolute atomic E-state index is 2.54. The van der Waals surface area contributed by atoms with Gasteiger partial charge in [0.1, 0.15) is 0 Å². The first-order chi connectivity index (χ1) is 5.75. The molecule has 3 atom stereocenters. The van der Waals surface area contributed by atoms with Gasteiger partial charge in [0, 0.05) is 0 Å². The molecule has 0 aliphatic heterocycles. The van der Waals surface area contributed by atoms with E-state index in [0.29, 0.717) is 0 Å². The SMILES string of the molecule is CC1CCC2CC(C)CC=C2C1. The summed E-state index contributed by atoms with van der Waals surface area (Å²) in [5.41, 5.74) is 1.80. The average molecular weight is 164 g/mol. The number of fused-ring (bicyclic) bond motifs is 1. The van der Waals surface area contributed by atoms with Gasteiger partial charge in [-0.1, -0.05) is 25.5 Å². The number of rotatable bonds is 0. The van der Waals surface area contributed by atoms with E-state index < -0.39 is 0 Å². The minimum atomic E-state index is 0.951. The Morgan fingerprint density at radius 2 is 2.00 bits per heavy atom. The first-order valence-corrected chi connectivity index (χ1v) is 5.44. The zero-order valence-corrected chi connectivity index (χ0v) is 8.34. The molecule has 3 unspecified atom stereocenters. The lowest BCUT2D eigenvalue weighted by molar-refractivity contribution is 0.302. The highest BCUT2D eigenvalue weighted by atomic mass is 14.3. The molecule has 0 nitrogen and oxygen atoms in total. The van der Waals surface area contributed by atoms with Gasteiger partial charge < -0.3 is 0 Å². The summed E-state index contributed by atoms with van der Waals surface area (Å²) in [7, 11) is 0. The Balaban J connectivity index is 2.07. The largest absolute Gasteiger partial charge is 0.0848 e. The monoisotopic (exact) mass is 164 g/mol. The topological polar surface area (TPSA) is 0 Å². The first kappa shape index (κ1) is 8.34. The van der Waals surface area contributed by atoms with E-state index in [1.54, 1.807) is 5.57 Å². The maximum atomic E-state index is 2.54. The van der Waals surface area contributed by atoms with E-state index in [1.807, 2.05) is 0 Å². The summed E-state index contributed by atoms with van der Waals surface area (Å²) in [6, 6.07) is 0. The van der Waals surface area contributed by atoms with E-state index in [0.717, 1.165) is 17.8 Å². The first-order valence-electron chi connectivity index (χ1n) is 5.44. The van der Waals surface area contributed by atoms with Crippen molar-refractivity contribution in [3.8, 4) is 0 Å². The zero-order chi connectivity index (χ0) is 8.55. The summed E-state index contributed by atoms with van der Waals surface area (Å²) < 4.78 is 0. The Morgan fingerprint density at radius 1 is 1.17 bits per heavy atom. The maximum Gasteiger partial charge on any atom is -0.0200 e. The van der Waals surface area contributed by atoms with E-state index in [9.17, 15) is 0 Å². The standard InChI is InChI=1S/C12H20/c1-9-3-5-12-8-10(2)4-6-11(12)7-9/h5,9-11H,3-4,6-8H2,1-2H3. The second-order valence-corrected chi connectivity index (χ2v) is 4.94. The van der Waals surface area contributed by atoms with E-state index in [2.05, 4.69) is 19.9 Å². The molecule has 0 radical (unpaired) electrons. The fourth-order valence-electron chi connectivity index (χ4n) is 2.80. The minimum absolute atomic E-state index is 0.951. The van der Waals surface area contributed by atoms with Crippen LogP contribution >= 0.6 is 0 Å². The Labute approximate surface area is 76.1 Å². The molecule has 0 saturated heterocycles. The molecule has 2 aliphatic rings. The molecular weight excluding hydrogens is 144 g/mol. The lowest BCUT2D eigenvalue weighted by atomic mass is 9.71. The molecule has 68 valence electrons. The van der Waals surface area contributed by atoms with Gasteiger partial charge in [-0.25, -0.2) is 0 Å². The van der Waals surface area contributed by atoms with Crippen molar-refractivity contribution in [2.75, 3.05) is 0 Å². The second kappa shape index (κ2) is 3.24. The third-order valence-electron chi connectivity index (χ3n) is 3.59. The predicted octanol–water partition coefficient (Wildman–Crippen LogP) is 3.78. The van der Waals surface area contributed by atoms with Crippen LogP contribution in [0.1, 0.15) is 46.0 Å². The molecule has 2 aliphatic carbocycles. The molecule has 0 aromatic carbocycles. The van der Waals surface area contributed by atoms with Gasteiger partial charge >= 0.3 is 0 Å². The van der Waals surface area contributed by atoms with Crippen molar-refractivity contribution in [1.29, 1.82) is 0 Å². The molecule has 12 heavy (non-hydrogen) atoms. The van der Waals surface area contributed by atoms with E-state index in [1.165, 1.54) is 32.1 Å². The van der Waals surface area contributed by atoms with Gasteiger partial charge in [-0.3, -0.25) is 0 Å². The van der Waals surface area contributed by atoms with E-state index in [4.69, 9.17) is 0 Å². The quantitative estimate of drug-likeness (QED) is 0.478. The number of allylic oxidation sites excluding steroid dienone is 2. The third-order valence-corrected chi connectivity index (χ3v) is 3.59. The summed E-state index contributed by atoms with van der Waals surface area (Å²) in [5.74, 6) is 2.89. The minimum Gasteiger partial charge on any atom is -0.0848 e. The van der Waals surface area contributed by atoms with Gasteiger partial charge in [-0.2, -0.15) is 0 Å². The summed E-state index contributed by atoms with van der Waals surface area (Å²) in [4.78, 5) is 0. The van der Waals surface area contributed by atoms with Crippen molar-refractivity contribution in [2.24, 2.45) is 17.8 Å². The zero-order valence-electron chi connectivity index (χ0n) is 8.34. The van der Waals surface area contributed by atoms with Gasteiger partial charge in [-0.05, 0) is 49.9 Å². The van der Waals surface area contributed by atoms with Crippen LogP contribution in [0, 0.1) is 17.8 Å². The van der Waals surface area contributed by atoms with Crippen molar-refractivity contribution in [1.82, 2.24) is 0 Å². The summed E-state index contributed by atoms with van der Waals surface area (Å²) >= 11 is 0. The Hall–Kier alpha value is -0.260. The lowest BCUT2D eigenvalue weighted by Gasteiger charge is -2.34. The number of hydrogen-bond acceptors (Lipinski definition) is 0. The molecule has 0 heteroatoms. The molecule has 0 N–H and O–H groups in total. The predicted molar refractivity (Wildman–Crippen MR) is 53.0 cm³/mol. The third kappa shape index (κ3) is 1.57. The van der Waals surface area contributed by atoms with E-state index >= 15 is 0 Å². The summed E-state index contributed by atoms with van der Waals surface area (Å²) in [6.45, 7) is 4.79. The molecule has 0 amide bonds. The van der Waals surface area contributed by atoms with Gasteiger partial charge in [-0.15, -0.1) is 0 Å². The molecule has 0 bridgehead atoms. The number of hydrogen-bond donors (Lipinski definition) is 0. The highest BCUT2D eigenvalue weighted by Crippen LogP contribution is 2.40. The van der Waals surface area contributed by atoms with Crippen LogP contribution in [0.5, 0.6) is 0 Å². The Kier molecular flexibility index (Phi) is 2.25. The van der Waals surface area contributed by atoms with Crippen LogP contribution in [-0.2, 0) is 0 Å². The molecule has 0 heterocycles. The van der Waals surface area contributed by atoms with Gasteiger partial charge in [0.2, 0.25) is 0 Å². The van der Waals surface area contributed by atoms with Crippen molar-refractivity contribution < 1.29 is 0 Å². The average Bonchev–Trinajstić information content (AvgIpc) is 2.05. The molecule has 1 fully saturated rings. The Morgan fingerprint density at radius 3 is 2.83 bits per heavy atom. The van der Waals surface area contributed by atoms with Crippen LogP contribution in [0.25, 0.3) is 0 Å². The van der Waals surface area contributed by atoms with E-state index in [-0.39, 0.29) is 0 Å². The van der Waals surface area contributed by atoms with Crippen LogP contribution in [-0.4, -0.2) is 0 Å². The van der Waals surface area contributed by atoms with Crippen molar-refractivity contribution in [3.63, 3.8) is 0 Å². The molecule has 0 aromatic heterocycles. The second-order valence-electron chi connectivity index (χ2n) is 4.94. The summed E-state index contributed by atoms with van der Waals surface area (Å²) in [5, 5.41) is 0. The summed E-state index contributed by atoms with van der Waals surface area (Å²) in [6.07, 6.45) is 9.69. The Bertz CT molecular complexity index is 190. The van der Waals surface area contributed by atoms with Crippen molar-refractivity contribution in [2.45, 2.75) is 46.0 Å². The van der Waals surface area contributed by atoms with Crippen LogP contribution in [0.2, 0.25) is 0 Å². The van der Waals surface area contributed by atoms with Gasteiger partial charge in [0.05, 0.1) is 0 Å². The molecule has 2 rings (SSSR count). The molecule has 1 saturated carbocycles. The van der Waals surface area contributed by atoms with Gasteiger partial charge in [0.25, 0.3) is 0 Å². The normalized spacial score (nSPS) is 41.8. The lowest BCUT2D eigenvalue weighted by Crippen LogP contribution is -2.21. The van der Waals surface area contributed by atoms with Crippen LogP contribution in [0.15, 0.2) is 11.6 Å². The van der Waals surface area contributed by atoms with Crippen molar-refractivity contribution >= 4 is 0 Å².